The topological polar surface area (TPSA) is 267 Å². The molecule has 7 amide bonds. The molecule has 7 unspecified atom stereocenters. The molecule has 0 spiro atoms. The second-order valence-corrected chi connectivity index (χ2v) is 23.6. The molecule has 89 heavy (non-hydrogen) atoms. The van der Waals surface area contributed by atoms with Crippen molar-refractivity contribution in [2.24, 2.45) is 5.92 Å². The summed E-state index contributed by atoms with van der Waals surface area (Å²) in [6, 6.07) is 43.2. The number of carbonyl (C=O) groups excluding carboxylic acids is 8. The maximum Gasteiger partial charge on any atom is 0.328 e. The van der Waals surface area contributed by atoms with E-state index in [9.17, 15) is 33.6 Å². The number of benzene rings is 6. The molecule has 0 aliphatic carbocycles. The Labute approximate surface area is 525 Å². The van der Waals surface area contributed by atoms with Gasteiger partial charge in [0, 0.05) is 37.6 Å². The number of carbonyl (C=O) groups is 9. The minimum atomic E-state index is -1.42. The minimum Gasteiger partial charge on any atom is -0.481 e. The van der Waals surface area contributed by atoms with E-state index in [2.05, 4.69) is 37.2 Å². The van der Waals surface area contributed by atoms with Crippen LogP contribution in [0.5, 0.6) is 0 Å². The van der Waals surface area contributed by atoms with Crippen LogP contribution in [0.4, 0.5) is 5.69 Å². The number of methoxy groups -OCH3 is 1. The van der Waals surface area contributed by atoms with Crippen LogP contribution in [0.3, 0.4) is 0 Å². The van der Waals surface area contributed by atoms with Gasteiger partial charge in [0.25, 0.3) is 0 Å². The third-order valence-corrected chi connectivity index (χ3v) is 17.0. The summed E-state index contributed by atoms with van der Waals surface area (Å²) in [5.74, 6) is -7.27. The first-order chi connectivity index (χ1) is 42.7. The van der Waals surface area contributed by atoms with Gasteiger partial charge >= 0.3 is 11.9 Å². The summed E-state index contributed by atoms with van der Waals surface area (Å²) in [7, 11) is 1.22. The second kappa shape index (κ2) is 34.4. The van der Waals surface area contributed by atoms with E-state index in [-0.39, 0.29) is 37.1 Å². The van der Waals surface area contributed by atoms with Gasteiger partial charge in [-0.25, -0.2) is 4.79 Å². The first-order valence-electron chi connectivity index (χ1n) is 30.1. The maximum absolute atomic E-state index is 15.1. The molecule has 0 saturated carbocycles. The van der Waals surface area contributed by atoms with Crippen molar-refractivity contribution in [2.45, 2.75) is 140 Å². The lowest BCUT2D eigenvalue weighted by Crippen LogP contribution is -2.61. The molecule has 6 rings (SSSR count). The highest BCUT2D eigenvalue weighted by Crippen LogP contribution is 2.48. The van der Waals surface area contributed by atoms with Crippen LogP contribution in [0.15, 0.2) is 164 Å². The predicted molar refractivity (Wildman–Crippen MR) is 345 cm³/mol. The molecule has 6 aromatic carbocycles. The van der Waals surface area contributed by atoms with Crippen molar-refractivity contribution in [3.63, 3.8) is 0 Å². The van der Waals surface area contributed by atoms with Gasteiger partial charge in [0.15, 0.2) is 0 Å². The van der Waals surface area contributed by atoms with Crippen molar-refractivity contribution in [3.05, 3.63) is 208 Å². The average molecular weight is 1230 g/mol. The Balaban J connectivity index is 1.32. The van der Waals surface area contributed by atoms with Gasteiger partial charge < -0.3 is 47.1 Å². The van der Waals surface area contributed by atoms with Gasteiger partial charge in [-0.1, -0.05) is 209 Å². The van der Waals surface area contributed by atoms with Crippen LogP contribution < -0.4 is 37.2 Å². The summed E-state index contributed by atoms with van der Waals surface area (Å²) in [6.07, 6.45) is 1.62. The zero-order valence-corrected chi connectivity index (χ0v) is 52.5. The highest BCUT2D eigenvalue weighted by molar-refractivity contribution is 8.00. The number of nitrogens with one attached hydrogen (secondary N) is 7. The normalized spacial score (nSPS) is 13.5. The van der Waals surface area contributed by atoms with E-state index in [1.165, 1.54) is 37.9 Å². The highest BCUT2D eigenvalue weighted by Gasteiger charge is 2.40. The van der Waals surface area contributed by atoms with Crippen LogP contribution >= 0.6 is 11.8 Å². The molecule has 0 aliphatic rings. The van der Waals surface area contributed by atoms with E-state index < -0.39 is 107 Å². The Morgan fingerprint density at radius 1 is 0.506 bits per heavy atom. The van der Waals surface area contributed by atoms with Gasteiger partial charge in [-0.2, -0.15) is 0 Å². The molecule has 470 valence electrons. The highest BCUT2D eigenvalue weighted by atomic mass is 32.2. The van der Waals surface area contributed by atoms with Gasteiger partial charge in [0.2, 0.25) is 41.4 Å². The van der Waals surface area contributed by atoms with Crippen molar-refractivity contribution in [2.75, 3.05) is 18.2 Å². The number of amides is 7. The Morgan fingerprint density at radius 3 is 1.36 bits per heavy atom. The lowest BCUT2D eigenvalue weighted by Gasteiger charge is -2.36. The van der Waals surface area contributed by atoms with Crippen molar-refractivity contribution in [3.8, 4) is 0 Å². The Kier molecular flexibility index (Phi) is 26.7. The molecule has 0 radical (unpaired) electrons. The molecular weight excluding hydrogens is 1150 g/mol. The minimum absolute atomic E-state index is 0.00942. The van der Waals surface area contributed by atoms with E-state index in [4.69, 9.17) is 9.84 Å². The summed E-state index contributed by atoms with van der Waals surface area (Å²) in [6.45, 7) is 10.8. The standard InChI is InChI=1S/C70H83N7O11S/c1-8-10-14-27-56(64(82)74-57(40-49-32-28-45(3)29-33-49)66(84)76-59(69(87)88-7)42-50-34-30-46(4)31-35-50)73-65(83)58(41-51-36-38-55(39-37-51)72-61(79)43-62(80)81)75-68(86)63(47(5)9-2)77-67(85)60(71-48(6)78)44-89-70(52-21-15-11-16-22-52,53-23-17-12-18-24-53)54-25-19-13-20-26-54/h11-13,15-26,28-39,47,56-60,63H,8-10,14,27,40-44H2,1-7H3,(H,71,78)(H,72,79)(H,73,83)(H,74,82)(H,75,86)(H,76,84)(H,77,85)(H,80,81). The Bertz CT molecular complexity index is 3220. The number of hydrogen-bond donors (Lipinski definition) is 8. The van der Waals surface area contributed by atoms with Crippen molar-refractivity contribution in [1.29, 1.82) is 0 Å². The molecule has 6 aromatic rings. The number of thioether (sulfide) groups is 1. The quantitative estimate of drug-likeness (QED) is 0.00839. The monoisotopic (exact) mass is 1230 g/mol. The fourth-order valence-corrected chi connectivity index (χ4v) is 11.8. The Morgan fingerprint density at radius 2 is 0.921 bits per heavy atom. The first kappa shape index (κ1) is 69.0. The summed E-state index contributed by atoms with van der Waals surface area (Å²) in [5.41, 5.74) is 6.99. The van der Waals surface area contributed by atoms with E-state index in [0.717, 1.165) is 39.8 Å². The third kappa shape index (κ3) is 20.8. The lowest BCUT2D eigenvalue weighted by atomic mass is 9.84. The van der Waals surface area contributed by atoms with E-state index in [1.54, 1.807) is 19.1 Å². The number of rotatable bonds is 33. The molecule has 0 aliphatic heterocycles. The molecule has 8 N–H and O–H groups in total. The Hall–Kier alpha value is -9.10. The van der Waals surface area contributed by atoms with Crippen molar-refractivity contribution >= 4 is 70.7 Å². The zero-order chi connectivity index (χ0) is 64.5. The first-order valence-corrected chi connectivity index (χ1v) is 31.1. The van der Waals surface area contributed by atoms with Crippen LogP contribution in [0, 0.1) is 19.8 Å². The van der Waals surface area contributed by atoms with Crippen LogP contribution in [0.2, 0.25) is 0 Å². The maximum atomic E-state index is 15.1. The van der Waals surface area contributed by atoms with Crippen LogP contribution in [-0.4, -0.2) is 108 Å². The molecule has 0 bridgehead atoms. The molecular formula is C70H83N7O11S. The number of carboxylic acid groups (broad SMARTS) is 1. The fraction of sp³-hybridized carbons (Fsp3) is 0.357. The number of aliphatic carboxylic acids is 1. The molecule has 0 aromatic heterocycles. The molecule has 7 atom stereocenters. The third-order valence-electron chi connectivity index (χ3n) is 15.4. The van der Waals surface area contributed by atoms with E-state index >= 15 is 9.59 Å². The lowest BCUT2D eigenvalue weighted by molar-refractivity contribution is -0.145. The van der Waals surface area contributed by atoms with Gasteiger partial charge in [0.1, 0.15) is 42.7 Å². The SMILES string of the molecule is CCCCCC(NC(=O)C(Cc1ccc(NC(=O)CC(=O)O)cc1)NC(=O)C(NC(=O)C(CSC(c1ccccc1)(c1ccccc1)c1ccccc1)NC(C)=O)C(C)CC)C(=O)NC(Cc1ccc(C)cc1)C(=O)NC(Cc1ccc(C)cc1)C(=O)OC. The average Bonchev–Trinajstić information content (AvgIpc) is 3.70. The molecule has 0 fully saturated rings. The van der Waals surface area contributed by atoms with Gasteiger partial charge in [-0.3, -0.25) is 38.4 Å². The largest absolute Gasteiger partial charge is 0.481 e. The molecule has 18 nitrogen and oxygen atoms in total. The van der Waals surface area contributed by atoms with Gasteiger partial charge in [0.05, 0.1) is 11.9 Å². The van der Waals surface area contributed by atoms with Gasteiger partial charge in [-0.05, 0) is 71.7 Å². The molecule has 0 heterocycles. The number of esters is 1. The molecule has 0 saturated heterocycles. The van der Waals surface area contributed by atoms with Crippen molar-refractivity contribution < 1.29 is 53.0 Å². The number of anilines is 1. The summed E-state index contributed by atoms with van der Waals surface area (Å²) in [4.78, 5) is 124. The smallest absolute Gasteiger partial charge is 0.328 e. The summed E-state index contributed by atoms with van der Waals surface area (Å²) < 4.78 is 4.24. The van der Waals surface area contributed by atoms with Gasteiger partial charge in [-0.15, -0.1) is 11.8 Å². The number of ether oxygens (including phenoxy) is 1. The number of carboxylic acids is 1. The summed E-state index contributed by atoms with van der Waals surface area (Å²) >= 11 is 1.45. The zero-order valence-electron chi connectivity index (χ0n) is 51.6. The van der Waals surface area contributed by atoms with Crippen LogP contribution in [0.1, 0.15) is 111 Å². The van der Waals surface area contributed by atoms with E-state index in [0.29, 0.717) is 30.4 Å². The second-order valence-electron chi connectivity index (χ2n) is 22.4. The molecule has 19 heteroatoms. The summed E-state index contributed by atoms with van der Waals surface area (Å²) in [5, 5.41) is 29.0. The van der Waals surface area contributed by atoms with Crippen molar-refractivity contribution in [1.82, 2.24) is 31.9 Å². The predicted octanol–water partition coefficient (Wildman–Crippen LogP) is 8.20. The van der Waals surface area contributed by atoms with Crippen LogP contribution in [0.25, 0.3) is 0 Å². The van der Waals surface area contributed by atoms with E-state index in [1.807, 2.05) is 167 Å². The number of hydrogen-bond acceptors (Lipinski definition) is 11. The fourth-order valence-electron chi connectivity index (χ4n) is 10.3. The van der Waals surface area contributed by atoms with Crippen LogP contribution in [-0.2, 0) is 71.9 Å². The number of unbranched alkanes of at least 4 members (excludes halogenated alkanes) is 2. The number of aryl methyl sites for hydroxylation is 2.